The molecule has 1 aromatic carbocycles. The molecule has 1 aromatic rings. The van der Waals surface area contributed by atoms with Crippen LogP contribution in [0.5, 0.6) is 0 Å². The van der Waals surface area contributed by atoms with Crippen LogP contribution in [0.15, 0.2) is 18.2 Å². The molecule has 1 aliphatic rings. The second kappa shape index (κ2) is 6.71. The van der Waals surface area contributed by atoms with Crippen molar-refractivity contribution < 1.29 is 4.39 Å². The van der Waals surface area contributed by atoms with Gasteiger partial charge in [-0.2, -0.15) is 5.26 Å². The summed E-state index contributed by atoms with van der Waals surface area (Å²) in [6.45, 7) is 6.11. The number of hydrogen-bond acceptors (Lipinski definition) is 3. The van der Waals surface area contributed by atoms with Crippen molar-refractivity contribution in [2.75, 3.05) is 18.0 Å². The molecule has 4 heteroatoms. The van der Waals surface area contributed by atoms with E-state index in [4.69, 9.17) is 5.26 Å². The maximum absolute atomic E-state index is 13.6. The minimum atomic E-state index is -0.346. The number of nitrogens with zero attached hydrogens (tertiary/aromatic N) is 2. The van der Waals surface area contributed by atoms with Crippen LogP contribution < -0.4 is 10.2 Å². The molecule has 0 aromatic heterocycles. The van der Waals surface area contributed by atoms with Gasteiger partial charge in [0.2, 0.25) is 0 Å². The smallest absolute Gasteiger partial charge is 0.126 e. The van der Waals surface area contributed by atoms with E-state index in [1.807, 2.05) is 6.07 Å². The van der Waals surface area contributed by atoms with Gasteiger partial charge in [-0.05, 0) is 51.4 Å². The number of nitriles is 1. The van der Waals surface area contributed by atoms with Crippen molar-refractivity contribution in [3.63, 3.8) is 0 Å². The first-order chi connectivity index (χ1) is 9.60. The topological polar surface area (TPSA) is 39.1 Å². The molecule has 1 unspecified atom stereocenters. The molecule has 1 heterocycles. The Morgan fingerprint density at radius 3 is 2.80 bits per heavy atom. The first kappa shape index (κ1) is 14.8. The number of halogens is 1. The number of rotatable bonds is 4. The predicted molar refractivity (Wildman–Crippen MR) is 79.2 cm³/mol. The number of hydrogen-bond donors (Lipinski definition) is 1. The Morgan fingerprint density at radius 2 is 2.20 bits per heavy atom. The molecular weight excluding hydrogens is 253 g/mol. The van der Waals surface area contributed by atoms with E-state index in [1.165, 1.54) is 25.0 Å². The number of piperidine rings is 1. The van der Waals surface area contributed by atoms with Crippen LogP contribution in [-0.4, -0.2) is 25.2 Å². The first-order valence-electron chi connectivity index (χ1n) is 7.31. The van der Waals surface area contributed by atoms with Crippen molar-refractivity contribution in [3.05, 3.63) is 29.6 Å². The summed E-state index contributed by atoms with van der Waals surface area (Å²) in [5.74, 6) is -0.346. The van der Waals surface area contributed by atoms with Gasteiger partial charge in [-0.25, -0.2) is 4.39 Å². The molecule has 0 radical (unpaired) electrons. The minimum Gasteiger partial charge on any atom is -0.367 e. The molecule has 20 heavy (non-hydrogen) atoms. The van der Waals surface area contributed by atoms with Crippen molar-refractivity contribution in [2.24, 2.45) is 0 Å². The molecule has 1 fully saturated rings. The van der Waals surface area contributed by atoms with Gasteiger partial charge in [0.1, 0.15) is 5.82 Å². The lowest BCUT2D eigenvalue weighted by molar-refractivity contribution is 0.393. The second-order valence-corrected chi connectivity index (χ2v) is 5.70. The Hall–Kier alpha value is -1.60. The highest BCUT2D eigenvalue weighted by molar-refractivity contribution is 5.52. The van der Waals surface area contributed by atoms with Crippen molar-refractivity contribution in [2.45, 2.75) is 45.2 Å². The number of nitrogens with one attached hydrogen (secondary N) is 1. The van der Waals surface area contributed by atoms with Gasteiger partial charge < -0.3 is 10.2 Å². The molecule has 3 nitrogen and oxygen atoms in total. The molecule has 0 bridgehead atoms. The minimum absolute atomic E-state index is 0.270. The lowest BCUT2D eigenvalue weighted by Crippen LogP contribution is -2.46. The Labute approximate surface area is 120 Å². The average Bonchev–Trinajstić information content (AvgIpc) is 2.44. The van der Waals surface area contributed by atoms with Crippen LogP contribution in [0.3, 0.4) is 0 Å². The highest BCUT2D eigenvalue weighted by Crippen LogP contribution is 2.22. The fourth-order valence-corrected chi connectivity index (χ4v) is 2.74. The Morgan fingerprint density at radius 1 is 1.40 bits per heavy atom. The third kappa shape index (κ3) is 3.71. The molecule has 0 spiro atoms. The quantitative estimate of drug-likeness (QED) is 0.918. The van der Waals surface area contributed by atoms with Crippen LogP contribution in [0, 0.1) is 17.1 Å². The SMILES string of the molecule is CC(C)N(CC1CCCCN1)c1cc(F)cc(C#N)c1. The van der Waals surface area contributed by atoms with E-state index >= 15 is 0 Å². The van der Waals surface area contributed by atoms with E-state index in [9.17, 15) is 4.39 Å². The van der Waals surface area contributed by atoms with Crippen LogP contribution >= 0.6 is 0 Å². The summed E-state index contributed by atoms with van der Waals surface area (Å²) in [5, 5.41) is 12.5. The molecule has 1 saturated heterocycles. The van der Waals surface area contributed by atoms with E-state index in [2.05, 4.69) is 24.1 Å². The van der Waals surface area contributed by atoms with Gasteiger partial charge in [0.25, 0.3) is 0 Å². The van der Waals surface area contributed by atoms with Gasteiger partial charge in [0, 0.05) is 24.3 Å². The number of benzene rings is 1. The van der Waals surface area contributed by atoms with Crippen molar-refractivity contribution in [1.29, 1.82) is 5.26 Å². The van der Waals surface area contributed by atoms with Gasteiger partial charge in [-0.15, -0.1) is 0 Å². The zero-order chi connectivity index (χ0) is 14.5. The van der Waals surface area contributed by atoms with Gasteiger partial charge in [-0.3, -0.25) is 0 Å². The highest BCUT2D eigenvalue weighted by Gasteiger charge is 2.19. The first-order valence-corrected chi connectivity index (χ1v) is 7.31. The third-order valence-electron chi connectivity index (χ3n) is 3.80. The van der Waals surface area contributed by atoms with Crippen LogP contribution in [0.2, 0.25) is 0 Å². The van der Waals surface area contributed by atoms with Crippen LogP contribution in [0.25, 0.3) is 0 Å². The normalized spacial score (nSPS) is 18.9. The third-order valence-corrected chi connectivity index (χ3v) is 3.80. The zero-order valence-corrected chi connectivity index (χ0v) is 12.2. The van der Waals surface area contributed by atoms with Crippen LogP contribution in [0.4, 0.5) is 10.1 Å². The summed E-state index contributed by atoms with van der Waals surface area (Å²) < 4.78 is 13.6. The second-order valence-electron chi connectivity index (χ2n) is 5.70. The summed E-state index contributed by atoms with van der Waals surface area (Å²) in [5.41, 5.74) is 1.17. The molecule has 2 rings (SSSR count). The van der Waals surface area contributed by atoms with Crippen molar-refractivity contribution in [3.8, 4) is 6.07 Å². The molecule has 1 aliphatic heterocycles. The van der Waals surface area contributed by atoms with E-state index in [0.717, 1.165) is 25.2 Å². The molecule has 1 N–H and O–H groups in total. The van der Waals surface area contributed by atoms with E-state index in [1.54, 1.807) is 6.07 Å². The Bertz CT molecular complexity index is 487. The zero-order valence-electron chi connectivity index (χ0n) is 12.2. The van der Waals surface area contributed by atoms with Crippen LogP contribution in [-0.2, 0) is 0 Å². The van der Waals surface area contributed by atoms with Crippen molar-refractivity contribution in [1.82, 2.24) is 5.32 Å². The maximum atomic E-state index is 13.6. The molecule has 0 amide bonds. The molecule has 0 aliphatic carbocycles. The maximum Gasteiger partial charge on any atom is 0.126 e. The van der Waals surface area contributed by atoms with Gasteiger partial charge >= 0.3 is 0 Å². The fourth-order valence-electron chi connectivity index (χ4n) is 2.74. The van der Waals surface area contributed by atoms with Gasteiger partial charge in [-0.1, -0.05) is 6.42 Å². The van der Waals surface area contributed by atoms with E-state index in [-0.39, 0.29) is 11.9 Å². The largest absolute Gasteiger partial charge is 0.367 e. The monoisotopic (exact) mass is 275 g/mol. The van der Waals surface area contributed by atoms with Gasteiger partial charge in [0.15, 0.2) is 0 Å². The predicted octanol–water partition coefficient (Wildman–Crippen LogP) is 3.05. The lowest BCUT2D eigenvalue weighted by Gasteiger charge is -2.35. The summed E-state index contributed by atoms with van der Waals surface area (Å²) in [4.78, 5) is 2.17. The lowest BCUT2D eigenvalue weighted by atomic mass is 10.0. The average molecular weight is 275 g/mol. The number of anilines is 1. The summed E-state index contributed by atoms with van der Waals surface area (Å²) in [6.07, 6.45) is 3.64. The molecule has 1 atom stereocenters. The Kier molecular flexibility index (Phi) is 4.97. The van der Waals surface area contributed by atoms with Gasteiger partial charge in [0.05, 0.1) is 11.6 Å². The fraction of sp³-hybridized carbons (Fsp3) is 0.562. The standard InChI is InChI=1S/C16H22FN3/c1-12(2)20(11-15-5-3-4-6-19-15)16-8-13(10-18)7-14(17)9-16/h7-9,12,15,19H,3-6,11H2,1-2H3. The van der Waals surface area contributed by atoms with Crippen LogP contribution in [0.1, 0.15) is 38.7 Å². The highest BCUT2D eigenvalue weighted by atomic mass is 19.1. The summed E-state index contributed by atoms with van der Waals surface area (Å²) in [7, 11) is 0. The molecular formula is C16H22FN3. The molecule has 0 saturated carbocycles. The van der Waals surface area contributed by atoms with Crippen molar-refractivity contribution >= 4 is 5.69 Å². The van der Waals surface area contributed by atoms with E-state index < -0.39 is 0 Å². The van der Waals surface area contributed by atoms with E-state index in [0.29, 0.717) is 11.6 Å². The Balaban J connectivity index is 2.19. The molecule has 108 valence electrons. The summed E-state index contributed by atoms with van der Waals surface area (Å²) in [6, 6.07) is 7.30. The summed E-state index contributed by atoms with van der Waals surface area (Å²) >= 11 is 0.